The van der Waals surface area contributed by atoms with Crippen molar-refractivity contribution in [3.63, 3.8) is 0 Å². The van der Waals surface area contributed by atoms with Gasteiger partial charge in [-0.15, -0.1) is 5.10 Å². The van der Waals surface area contributed by atoms with E-state index in [4.69, 9.17) is 10.5 Å². The van der Waals surface area contributed by atoms with E-state index in [9.17, 15) is 0 Å². The number of likely N-dealkylation sites (tertiary alicyclic amines) is 1. The molecular formula is C20H25N5O. The molecule has 1 aromatic carbocycles. The number of piperidine rings is 1. The lowest BCUT2D eigenvalue weighted by Gasteiger charge is -2.31. The molecule has 1 aliphatic rings. The molecule has 6 heteroatoms. The summed E-state index contributed by atoms with van der Waals surface area (Å²) >= 11 is 0. The molecule has 3 aromatic rings. The van der Waals surface area contributed by atoms with Crippen molar-refractivity contribution in [3.05, 3.63) is 48.0 Å². The second kappa shape index (κ2) is 7.43. The van der Waals surface area contributed by atoms with E-state index in [-0.39, 0.29) is 0 Å². The van der Waals surface area contributed by atoms with Crippen LogP contribution in [0, 0.1) is 0 Å². The van der Waals surface area contributed by atoms with Crippen molar-refractivity contribution in [3.8, 4) is 11.3 Å². The summed E-state index contributed by atoms with van der Waals surface area (Å²) in [6, 6.07) is 14.6. The summed E-state index contributed by atoms with van der Waals surface area (Å²) in [4.78, 5) is 6.73. The standard InChI is InChI=1S/C20H25N5O/c1-2-26-17-10-12-24(13-11-17)14-15-6-8-16(9-7-15)18-4-3-5-19-22-20(21)23-25(18)19/h3-9,17H,2,10-14H2,1H3,(H2,21,23). The Morgan fingerprint density at radius 2 is 1.88 bits per heavy atom. The first kappa shape index (κ1) is 17.0. The molecule has 136 valence electrons. The average Bonchev–Trinajstić information content (AvgIpc) is 3.04. The van der Waals surface area contributed by atoms with Crippen molar-refractivity contribution in [1.82, 2.24) is 19.5 Å². The van der Waals surface area contributed by atoms with Gasteiger partial charge in [-0.05, 0) is 37.5 Å². The highest BCUT2D eigenvalue weighted by Crippen LogP contribution is 2.22. The number of fused-ring (bicyclic) bond motifs is 1. The lowest BCUT2D eigenvalue weighted by Crippen LogP contribution is -2.36. The summed E-state index contributed by atoms with van der Waals surface area (Å²) < 4.78 is 7.53. The van der Waals surface area contributed by atoms with Gasteiger partial charge in [0.2, 0.25) is 5.95 Å². The fourth-order valence-corrected chi connectivity index (χ4v) is 3.65. The molecule has 2 N–H and O–H groups in total. The van der Waals surface area contributed by atoms with Crippen LogP contribution in [0.25, 0.3) is 16.9 Å². The van der Waals surface area contributed by atoms with Crippen LogP contribution in [-0.4, -0.2) is 45.3 Å². The highest BCUT2D eigenvalue weighted by Gasteiger charge is 2.19. The van der Waals surface area contributed by atoms with Gasteiger partial charge in [0, 0.05) is 31.8 Å². The number of rotatable bonds is 5. The molecule has 6 nitrogen and oxygen atoms in total. The third kappa shape index (κ3) is 3.57. The smallest absolute Gasteiger partial charge is 0.240 e. The highest BCUT2D eigenvalue weighted by molar-refractivity contribution is 5.63. The van der Waals surface area contributed by atoms with Crippen LogP contribution in [0.1, 0.15) is 25.3 Å². The van der Waals surface area contributed by atoms with E-state index in [0.717, 1.165) is 56.0 Å². The minimum Gasteiger partial charge on any atom is -0.378 e. The number of hydrogen-bond donors (Lipinski definition) is 1. The minimum atomic E-state index is 0.296. The number of nitrogens with zero attached hydrogens (tertiary/aromatic N) is 4. The van der Waals surface area contributed by atoms with Crippen LogP contribution < -0.4 is 5.73 Å². The van der Waals surface area contributed by atoms with Crippen molar-refractivity contribution in [2.24, 2.45) is 0 Å². The second-order valence-electron chi connectivity index (χ2n) is 6.78. The van der Waals surface area contributed by atoms with Gasteiger partial charge in [0.05, 0.1) is 11.8 Å². The Labute approximate surface area is 153 Å². The van der Waals surface area contributed by atoms with E-state index in [1.165, 1.54) is 5.56 Å². The minimum absolute atomic E-state index is 0.296. The molecule has 1 fully saturated rings. The predicted octanol–water partition coefficient (Wildman–Crippen LogP) is 2.98. The molecule has 0 bridgehead atoms. The van der Waals surface area contributed by atoms with Gasteiger partial charge >= 0.3 is 0 Å². The number of benzene rings is 1. The van der Waals surface area contributed by atoms with Crippen LogP contribution in [0.2, 0.25) is 0 Å². The van der Waals surface area contributed by atoms with Gasteiger partial charge < -0.3 is 10.5 Å². The Balaban J connectivity index is 1.45. The van der Waals surface area contributed by atoms with Crippen molar-refractivity contribution >= 4 is 11.6 Å². The monoisotopic (exact) mass is 351 g/mol. The van der Waals surface area contributed by atoms with Crippen LogP contribution in [0.3, 0.4) is 0 Å². The Morgan fingerprint density at radius 1 is 1.12 bits per heavy atom. The van der Waals surface area contributed by atoms with Gasteiger partial charge in [-0.25, -0.2) is 4.52 Å². The normalized spacial score (nSPS) is 16.3. The number of pyridine rings is 1. The summed E-state index contributed by atoms with van der Waals surface area (Å²) in [6.45, 7) is 6.08. The maximum Gasteiger partial charge on any atom is 0.240 e. The number of anilines is 1. The van der Waals surface area contributed by atoms with Crippen LogP contribution in [0.5, 0.6) is 0 Å². The Morgan fingerprint density at radius 3 is 2.62 bits per heavy atom. The molecular weight excluding hydrogens is 326 g/mol. The van der Waals surface area contributed by atoms with Gasteiger partial charge in [-0.2, -0.15) is 4.98 Å². The van der Waals surface area contributed by atoms with Crippen molar-refractivity contribution in [2.75, 3.05) is 25.4 Å². The maximum absolute atomic E-state index is 5.74. The van der Waals surface area contributed by atoms with E-state index >= 15 is 0 Å². The lowest BCUT2D eigenvalue weighted by atomic mass is 10.1. The fourth-order valence-electron chi connectivity index (χ4n) is 3.65. The number of aromatic nitrogens is 3. The molecule has 2 aromatic heterocycles. The molecule has 0 radical (unpaired) electrons. The number of nitrogens with two attached hydrogens (primary N) is 1. The van der Waals surface area contributed by atoms with Crippen molar-refractivity contribution in [1.29, 1.82) is 0 Å². The molecule has 0 spiro atoms. The summed E-state index contributed by atoms with van der Waals surface area (Å²) in [7, 11) is 0. The number of nitrogen functional groups attached to an aromatic ring is 1. The third-order valence-corrected chi connectivity index (χ3v) is 4.97. The van der Waals surface area contributed by atoms with Crippen LogP contribution in [0.15, 0.2) is 42.5 Å². The van der Waals surface area contributed by atoms with Crippen LogP contribution in [-0.2, 0) is 11.3 Å². The summed E-state index contributed by atoms with van der Waals surface area (Å²) in [5.74, 6) is 0.296. The highest BCUT2D eigenvalue weighted by atomic mass is 16.5. The van der Waals surface area contributed by atoms with Crippen LogP contribution >= 0.6 is 0 Å². The largest absolute Gasteiger partial charge is 0.378 e. The van der Waals surface area contributed by atoms with Crippen molar-refractivity contribution in [2.45, 2.75) is 32.4 Å². The van der Waals surface area contributed by atoms with E-state index in [2.05, 4.69) is 46.2 Å². The topological polar surface area (TPSA) is 68.7 Å². The first-order valence-electron chi connectivity index (χ1n) is 9.27. The number of ether oxygens (including phenoxy) is 1. The molecule has 3 heterocycles. The van der Waals surface area contributed by atoms with Gasteiger partial charge in [-0.1, -0.05) is 30.3 Å². The Kier molecular flexibility index (Phi) is 4.86. The Hall–Kier alpha value is -2.44. The molecule has 0 aliphatic carbocycles. The first-order chi connectivity index (χ1) is 12.7. The molecule has 0 atom stereocenters. The zero-order valence-electron chi connectivity index (χ0n) is 15.1. The van der Waals surface area contributed by atoms with E-state index < -0.39 is 0 Å². The molecule has 0 unspecified atom stereocenters. The molecule has 1 aliphatic heterocycles. The predicted molar refractivity (Wildman–Crippen MR) is 103 cm³/mol. The molecule has 26 heavy (non-hydrogen) atoms. The molecule has 0 saturated carbocycles. The van der Waals surface area contributed by atoms with Gasteiger partial charge in [0.1, 0.15) is 0 Å². The van der Waals surface area contributed by atoms with E-state index in [1.54, 1.807) is 4.52 Å². The second-order valence-corrected chi connectivity index (χ2v) is 6.78. The summed E-state index contributed by atoms with van der Waals surface area (Å²) in [5, 5.41) is 4.29. The maximum atomic E-state index is 5.74. The van der Waals surface area contributed by atoms with Crippen molar-refractivity contribution < 1.29 is 4.74 Å². The summed E-state index contributed by atoms with van der Waals surface area (Å²) in [6.07, 6.45) is 2.69. The van der Waals surface area contributed by atoms with Crippen LogP contribution in [0.4, 0.5) is 5.95 Å². The van der Waals surface area contributed by atoms with Gasteiger partial charge in [-0.3, -0.25) is 4.90 Å². The SMILES string of the molecule is CCOC1CCN(Cc2ccc(-c3cccc4nc(N)nn34)cc2)CC1. The lowest BCUT2D eigenvalue weighted by molar-refractivity contribution is 0.0125. The first-order valence-corrected chi connectivity index (χ1v) is 9.27. The fraction of sp³-hybridized carbons (Fsp3) is 0.400. The van der Waals surface area contributed by atoms with Gasteiger partial charge in [0.15, 0.2) is 5.65 Å². The zero-order valence-corrected chi connectivity index (χ0v) is 15.1. The van der Waals surface area contributed by atoms with E-state index in [0.29, 0.717) is 12.1 Å². The average molecular weight is 351 g/mol. The zero-order chi connectivity index (χ0) is 17.9. The number of hydrogen-bond acceptors (Lipinski definition) is 5. The quantitative estimate of drug-likeness (QED) is 0.765. The summed E-state index contributed by atoms with van der Waals surface area (Å²) in [5.41, 5.74) is 9.94. The molecule has 4 rings (SSSR count). The van der Waals surface area contributed by atoms with E-state index in [1.807, 2.05) is 18.2 Å². The third-order valence-electron chi connectivity index (χ3n) is 4.97. The molecule has 0 amide bonds. The van der Waals surface area contributed by atoms with Gasteiger partial charge in [0.25, 0.3) is 0 Å². The molecule has 1 saturated heterocycles. The Bertz CT molecular complexity index is 866.